The van der Waals surface area contributed by atoms with Crippen LogP contribution in [0, 0.1) is 6.92 Å². The summed E-state index contributed by atoms with van der Waals surface area (Å²) in [6.45, 7) is 10.3. The molecule has 0 spiro atoms. The normalized spacial score (nSPS) is 12.5. The summed E-state index contributed by atoms with van der Waals surface area (Å²) < 4.78 is 5.79. The van der Waals surface area contributed by atoms with E-state index in [9.17, 15) is 0 Å². The van der Waals surface area contributed by atoms with Crippen LogP contribution in [0.2, 0.25) is 0 Å². The molecule has 0 saturated heterocycles. The lowest BCUT2D eigenvalue weighted by atomic mass is 10.0. The molecular formula is C14H23NO. The standard InChI is InChI=1S/C14H23NO/c1-5-9-16-14-10-11(3)7-8-13(14)12(4)15-6-2/h7-8,10,12,15H,5-6,9H2,1-4H3. The zero-order chi connectivity index (χ0) is 12.0. The number of benzene rings is 1. The molecule has 0 heterocycles. The van der Waals surface area contributed by atoms with E-state index in [1.165, 1.54) is 11.1 Å². The van der Waals surface area contributed by atoms with Gasteiger partial charge in [0, 0.05) is 11.6 Å². The first kappa shape index (κ1) is 13.0. The molecule has 0 aliphatic carbocycles. The van der Waals surface area contributed by atoms with Crippen molar-refractivity contribution < 1.29 is 4.74 Å². The van der Waals surface area contributed by atoms with Crippen LogP contribution in [0.3, 0.4) is 0 Å². The largest absolute Gasteiger partial charge is 0.493 e. The van der Waals surface area contributed by atoms with Crippen molar-refractivity contribution in [2.45, 2.75) is 40.2 Å². The number of hydrogen-bond donors (Lipinski definition) is 1. The number of rotatable bonds is 6. The van der Waals surface area contributed by atoms with Gasteiger partial charge in [0.2, 0.25) is 0 Å². The predicted octanol–water partition coefficient (Wildman–Crippen LogP) is 3.45. The maximum atomic E-state index is 5.79. The summed E-state index contributed by atoms with van der Waals surface area (Å²) in [7, 11) is 0. The third kappa shape index (κ3) is 3.53. The average Bonchev–Trinajstić information content (AvgIpc) is 2.26. The van der Waals surface area contributed by atoms with Gasteiger partial charge in [0.05, 0.1) is 6.61 Å². The van der Waals surface area contributed by atoms with Gasteiger partial charge in [0.15, 0.2) is 0 Å². The van der Waals surface area contributed by atoms with Gasteiger partial charge in [-0.25, -0.2) is 0 Å². The molecule has 1 aromatic rings. The van der Waals surface area contributed by atoms with Gasteiger partial charge in [0.25, 0.3) is 0 Å². The Kier molecular flexibility index (Phi) is 5.33. The van der Waals surface area contributed by atoms with E-state index in [0.29, 0.717) is 6.04 Å². The van der Waals surface area contributed by atoms with Crippen LogP contribution in [0.1, 0.15) is 44.4 Å². The van der Waals surface area contributed by atoms with Gasteiger partial charge in [-0.1, -0.05) is 26.0 Å². The van der Waals surface area contributed by atoms with Crippen LogP contribution in [0.15, 0.2) is 18.2 Å². The highest BCUT2D eigenvalue weighted by Gasteiger charge is 2.10. The molecule has 0 aromatic heterocycles. The molecule has 1 unspecified atom stereocenters. The summed E-state index contributed by atoms with van der Waals surface area (Å²) in [5.74, 6) is 1.02. The first-order chi connectivity index (χ1) is 7.69. The van der Waals surface area contributed by atoms with Gasteiger partial charge in [-0.05, 0) is 38.4 Å². The summed E-state index contributed by atoms with van der Waals surface area (Å²) in [5, 5.41) is 3.42. The van der Waals surface area contributed by atoms with E-state index in [2.05, 4.69) is 51.2 Å². The second kappa shape index (κ2) is 6.54. The molecule has 0 bridgehead atoms. The van der Waals surface area contributed by atoms with Crippen molar-refractivity contribution in [1.29, 1.82) is 0 Å². The molecule has 0 aliphatic heterocycles. The van der Waals surface area contributed by atoms with Gasteiger partial charge in [0.1, 0.15) is 5.75 Å². The zero-order valence-corrected chi connectivity index (χ0v) is 10.8. The Morgan fingerprint density at radius 2 is 2.06 bits per heavy atom. The molecule has 0 aliphatic rings. The Labute approximate surface area is 99.0 Å². The second-order valence-corrected chi connectivity index (χ2v) is 4.17. The van der Waals surface area contributed by atoms with E-state index in [-0.39, 0.29) is 0 Å². The van der Waals surface area contributed by atoms with Gasteiger partial charge in [-0.3, -0.25) is 0 Å². The molecule has 0 saturated carbocycles. The highest BCUT2D eigenvalue weighted by molar-refractivity contribution is 5.39. The molecule has 0 amide bonds. The van der Waals surface area contributed by atoms with Gasteiger partial charge in [-0.2, -0.15) is 0 Å². The van der Waals surface area contributed by atoms with Gasteiger partial charge < -0.3 is 10.1 Å². The molecule has 2 heteroatoms. The highest BCUT2D eigenvalue weighted by Crippen LogP contribution is 2.26. The maximum absolute atomic E-state index is 5.79. The van der Waals surface area contributed by atoms with Crippen LogP contribution >= 0.6 is 0 Å². The first-order valence-electron chi connectivity index (χ1n) is 6.15. The van der Waals surface area contributed by atoms with Gasteiger partial charge >= 0.3 is 0 Å². The van der Waals surface area contributed by atoms with E-state index in [0.717, 1.165) is 25.3 Å². The number of nitrogens with one attached hydrogen (secondary N) is 1. The molecule has 1 atom stereocenters. The van der Waals surface area contributed by atoms with E-state index >= 15 is 0 Å². The summed E-state index contributed by atoms with van der Waals surface area (Å²) in [5.41, 5.74) is 2.50. The van der Waals surface area contributed by atoms with Crippen LogP contribution in [0.4, 0.5) is 0 Å². The topological polar surface area (TPSA) is 21.3 Å². The molecule has 1 rings (SSSR count). The zero-order valence-electron chi connectivity index (χ0n) is 10.8. The Morgan fingerprint density at radius 1 is 1.31 bits per heavy atom. The quantitative estimate of drug-likeness (QED) is 0.794. The van der Waals surface area contributed by atoms with Crippen molar-refractivity contribution in [2.24, 2.45) is 0 Å². The predicted molar refractivity (Wildman–Crippen MR) is 69.1 cm³/mol. The van der Waals surface area contributed by atoms with Crippen molar-refractivity contribution in [1.82, 2.24) is 5.32 Å². The highest BCUT2D eigenvalue weighted by atomic mass is 16.5. The Hall–Kier alpha value is -1.02. The van der Waals surface area contributed by atoms with E-state index in [4.69, 9.17) is 4.74 Å². The van der Waals surface area contributed by atoms with Crippen molar-refractivity contribution in [3.05, 3.63) is 29.3 Å². The van der Waals surface area contributed by atoms with Crippen LogP contribution in [-0.2, 0) is 0 Å². The molecule has 0 radical (unpaired) electrons. The smallest absolute Gasteiger partial charge is 0.124 e. The van der Waals surface area contributed by atoms with Crippen LogP contribution in [-0.4, -0.2) is 13.2 Å². The summed E-state index contributed by atoms with van der Waals surface area (Å²) >= 11 is 0. The summed E-state index contributed by atoms with van der Waals surface area (Å²) in [6, 6.07) is 6.77. The third-order valence-corrected chi connectivity index (χ3v) is 2.61. The molecular weight excluding hydrogens is 198 g/mol. The van der Waals surface area contributed by atoms with Crippen molar-refractivity contribution in [2.75, 3.05) is 13.2 Å². The fourth-order valence-corrected chi connectivity index (χ4v) is 1.75. The molecule has 1 aromatic carbocycles. The number of aryl methyl sites for hydroxylation is 1. The Bertz CT molecular complexity index is 323. The van der Waals surface area contributed by atoms with Crippen molar-refractivity contribution in [3.8, 4) is 5.75 Å². The van der Waals surface area contributed by atoms with Crippen LogP contribution in [0.25, 0.3) is 0 Å². The van der Waals surface area contributed by atoms with Crippen molar-refractivity contribution >= 4 is 0 Å². The van der Waals surface area contributed by atoms with E-state index < -0.39 is 0 Å². The third-order valence-electron chi connectivity index (χ3n) is 2.61. The SMILES string of the molecule is CCCOc1cc(C)ccc1C(C)NCC. The second-order valence-electron chi connectivity index (χ2n) is 4.17. The molecule has 16 heavy (non-hydrogen) atoms. The fraction of sp³-hybridized carbons (Fsp3) is 0.571. The molecule has 0 fully saturated rings. The summed E-state index contributed by atoms with van der Waals surface area (Å²) in [6.07, 6.45) is 1.04. The minimum Gasteiger partial charge on any atom is -0.493 e. The lowest BCUT2D eigenvalue weighted by Gasteiger charge is -2.18. The Morgan fingerprint density at radius 3 is 2.69 bits per heavy atom. The lowest BCUT2D eigenvalue weighted by molar-refractivity contribution is 0.311. The Balaban J connectivity index is 2.88. The van der Waals surface area contributed by atoms with E-state index in [1.54, 1.807) is 0 Å². The minimum absolute atomic E-state index is 0.345. The van der Waals surface area contributed by atoms with Crippen molar-refractivity contribution in [3.63, 3.8) is 0 Å². The van der Waals surface area contributed by atoms with Gasteiger partial charge in [-0.15, -0.1) is 0 Å². The van der Waals surface area contributed by atoms with E-state index in [1.807, 2.05) is 0 Å². The first-order valence-corrected chi connectivity index (χ1v) is 6.15. The summed E-state index contributed by atoms with van der Waals surface area (Å²) in [4.78, 5) is 0. The maximum Gasteiger partial charge on any atom is 0.124 e. The molecule has 2 nitrogen and oxygen atoms in total. The number of hydrogen-bond acceptors (Lipinski definition) is 2. The number of ether oxygens (including phenoxy) is 1. The average molecular weight is 221 g/mol. The van der Waals surface area contributed by atoms with Crippen LogP contribution < -0.4 is 10.1 Å². The minimum atomic E-state index is 0.345. The monoisotopic (exact) mass is 221 g/mol. The lowest BCUT2D eigenvalue weighted by Crippen LogP contribution is -2.18. The molecule has 1 N–H and O–H groups in total. The fourth-order valence-electron chi connectivity index (χ4n) is 1.75. The van der Waals surface area contributed by atoms with Crippen LogP contribution in [0.5, 0.6) is 5.75 Å². The molecule has 90 valence electrons.